The number of halogens is 1. The predicted octanol–water partition coefficient (Wildman–Crippen LogP) is 1.24. The summed E-state index contributed by atoms with van der Waals surface area (Å²) in [5.41, 5.74) is 0. The fourth-order valence-corrected chi connectivity index (χ4v) is 2.99. The Hall–Kier alpha value is -1.11. The first-order chi connectivity index (χ1) is 8.58. The molecule has 0 aromatic carbocycles. The molecule has 18 heavy (non-hydrogen) atoms. The summed E-state index contributed by atoms with van der Waals surface area (Å²) in [6.45, 7) is 2.28. The van der Waals surface area contributed by atoms with Gasteiger partial charge in [0.1, 0.15) is 4.88 Å². The fourth-order valence-electron chi connectivity index (χ4n) is 1.89. The Morgan fingerprint density at radius 1 is 1.33 bits per heavy atom. The number of thiophene rings is 1. The van der Waals surface area contributed by atoms with Gasteiger partial charge in [0.15, 0.2) is 0 Å². The van der Waals surface area contributed by atoms with Gasteiger partial charge in [0.2, 0.25) is 0 Å². The number of carbonyl (C=O) groups is 2. The second kappa shape index (κ2) is 5.69. The highest BCUT2D eigenvalue weighted by Gasteiger charge is 2.24. The van der Waals surface area contributed by atoms with E-state index in [9.17, 15) is 9.59 Å². The quantitative estimate of drug-likeness (QED) is 0.909. The molecule has 1 fully saturated rings. The van der Waals surface area contributed by atoms with Crippen LogP contribution in [0.2, 0.25) is 5.02 Å². The summed E-state index contributed by atoms with van der Waals surface area (Å²) in [7, 11) is 0. The number of aliphatic carboxylic acids is 1. The molecule has 0 unspecified atom stereocenters. The Kier molecular flexibility index (Phi) is 4.21. The molecule has 0 saturated carbocycles. The van der Waals surface area contributed by atoms with Crippen LogP contribution in [0.4, 0.5) is 0 Å². The van der Waals surface area contributed by atoms with Crippen molar-refractivity contribution in [3.05, 3.63) is 21.3 Å². The standard InChI is InChI=1S/C11H13ClN2O3S/c12-8-1-6-18-10(8)11(17)14-4-2-13(3-5-14)7-9(15)16/h1,6H,2-5,7H2,(H,15,16). The Balaban J connectivity index is 1.92. The summed E-state index contributed by atoms with van der Waals surface area (Å²) < 4.78 is 0. The summed E-state index contributed by atoms with van der Waals surface area (Å²) in [5, 5.41) is 11.0. The highest BCUT2D eigenvalue weighted by molar-refractivity contribution is 7.12. The van der Waals surface area contributed by atoms with Crippen molar-refractivity contribution in [3.8, 4) is 0 Å². The molecule has 1 aromatic rings. The maximum absolute atomic E-state index is 12.1. The minimum Gasteiger partial charge on any atom is -0.480 e. The van der Waals surface area contributed by atoms with Crippen LogP contribution in [0.15, 0.2) is 11.4 Å². The number of piperazine rings is 1. The van der Waals surface area contributed by atoms with Crippen molar-refractivity contribution in [1.82, 2.24) is 9.80 Å². The first-order valence-corrected chi connectivity index (χ1v) is 6.80. The van der Waals surface area contributed by atoms with E-state index in [0.717, 1.165) is 0 Å². The average Bonchev–Trinajstić information content (AvgIpc) is 2.75. The minimum atomic E-state index is -0.837. The zero-order valence-corrected chi connectivity index (χ0v) is 11.2. The van der Waals surface area contributed by atoms with E-state index in [0.29, 0.717) is 36.1 Å². The lowest BCUT2D eigenvalue weighted by Gasteiger charge is -2.33. The van der Waals surface area contributed by atoms with Crippen molar-refractivity contribution in [3.63, 3.8) is 0 Å². The molecular weight excluding hydrogens is 276 g/mol. The largest absolute Gasteiger partial charge is 0.480 e. The molecule has 0 radical (unpaired) electrons. The number of rotatable bonds is 3. The van der Waals surface area contributed by atoms with E-state index >= 15 is 0 Å². The number of amides is 1. The van der Waals surface area contributed by atoms with Gasteiger partial charge in [-0.15, -0.1) is 11.3 Å². The van der Waals surface area contributed by atoms with Gasteiger partial charge in [0, 0.05) is 26.2 Å². The van der Waals surface area contributed by atoms with Crippen molar-refractivity contribution in [2.45, 2.75) is 0 Å². The number of carboxylic acids is 1. The molecule has 1 aromatic heterocycles. The lowest BCUT2D eigenvalue weighted by atomic mass is 10.3. The van der Waals surface area contributed by atoms with E-state index in [4.69, 9.17) is 16.7 Å². The van der Waals surface area contributed by atoms with Crippen LogP contribution in [0.25, 0.3) is 0 Å². The molecule has 2 heterocycles. The smallest absolute Gasteiger partial charge is 0.317 e. The summed E-state index contributed by atoms with van der Waals surface area (Å²) >= 11 is 7.26. The van der Waals surface area contributed by atoms with E-state index in [2.05, 4.69) is 0 Å². The van der Waals surface area contributed by atoms with E-state index in [1.54, 1.807) is 16.3 Å². The third-order valence-corrected chi connectivity index (χ3v) is 4.16. The topological polar surface area (TPSA) is 60.9 Å². The van der Waals surface area contributed by atoms with Crippen molar-refractivity contribution < 1.29 is 14.7 Å². The fraction of sp³-hybridized carbons (Fsp3) is 0.455. The molecule has 1 aliphatic rings. The average molecular weight is 289 g/mol. The molecule has 7 heteroatoms. The summed E-state index contributed by atoms with van der Waals surface area (Å²) in [5.74, 6) is -0.902. The molecule has 0 spiro atoms. The Labute approximate surface area is 114 Å². The zero-order chi connectivity index (χ0) is 13.1. The SMILES string of the molecule is O=C(O)CN1CCN(C(=O)c2sccc2Cl)CC1. The molecule has 5 nitrogen and oxygen atoms in total. The normalized spacial score (nSPS) is 16.8. The highest BCUT2D eigenvalue weighted by atomic mass is 35.5. The van der Waals surface area contributed by atoms with Gasteiger partial charge < -0.3 is 10.0 Å². The minimum absolute atomic E-state index is 0.0296. The Morgan fingerprint density at radius 3 is 2.50 bits per heavy atom. The third-order valence-electron chi connectivity index (χ3n) is 2.83. The van der Waals surface area contributed by atoms with Crippen LogP contribution in [0.5, 0.6) is 0 Å². The lowest BCUT2D eigenvalue weighted by molar-refractivity contribution is -0.138. The second-order valence-corrected chi connectivity index (χ2v) is 5.38. The van der Waals surface area contributed by atoms with Gasteiger partial charge in [-0.3, -0.25) is 14.5 Å². The Bertz CT molecular complexity index is 455. The van der Waals surface area contributed by atoms with Gasteiger partial charge in [-0.25, -0.2) is 0 Å². The van der Waals surface area contributed by atoms with Gasteiger partial charge >= 0.3 is 5.97 Å². The molecule has 1 N–H and O–H groups in total. The van der Waals surface area contributed by atoms with Crippen molar-refractivity contribution in [2.75, 3.05) is 32.7 Å². The maximum atomic E-state index is 12.1. The molecule has 1 aliphatic heterocycles. The molecule has 98 valence electrons. The van der Waals surface area contributed by atoms with E-state index < -0.39 is 5.97 Å². The number of hydrogen-bond donors (Lipinski definition) is 1. The van der Waals surface area contributed by atoms with Crippen LogP contribution in [0.1, 0.15) is 9.67 Å². The second-order valence-electron chi connectivity index (χ2n) is 4.06. The summed E-state index contributed by atoms with van der Waals surface area (Å²) in [4.78, 5) is 26.8. The summed E-state index contributed by atoms with van der Waals surface area (Å²) in [6, 6.07) is 1.71. The first kappa shape index (κ1) is 13.3. The number of nitrogens with zero attached hydrogens (tertiary/aromatic N) is 2. The highest BCUT2D eigenvalue weighted by Crippen LogP contribution is 2.24. The van der Waals surface area contributed by atoms with Gasteiger partial charge in [-0.1, -0.05) is 11.6 Å². The van der Waals surface area contributed by atoms with Crippen LogP contribution >= 0.6 is 22.9 Å². The van der Waals surface area contributed by atoms with Gasteiger partial charge in [-0.05, 0) is 11.4 Å². The summed E-state index contributed by atoms with van der Waals surface area (Å²) in [6.07, 6.45) is 0. The third kappa shape index (κ3) is 3.01. The first-order valence-electron chi connectivity index (χ1n) is 5.54. The molecule has 2 rings (SSSR count). The van der Waals surface area contributed by atoms with Gasteiger partial charge in [-0.2, -0.15) is 0 Å². The number of hydrogen-bond acceptors (Lipinski definition) is 4. The van der Waals surface area contributed by atoms with Crippen LogP contribution in [0, 0.1) is 0 Å². The van der Waals surface area contributed by atoms with Crippen LogP contribution in [0.3, 0.4) is 0 Å². The van der Waals surface area contributed by atoms with Gasteiger partial charge in [0.05, 0.1) is 11.6 Å². The monoisotopic (exact) mass is 288 g/mol. The Morgan fingerprint density at radius 2 is 2.00 bits per heavy atom. The van der Waals surface area contributed by atoms with E-state index in [-0.39, 0.29) is 12.5 Å². The maximum Gasteiger partial charge on any atom is 0.317 e. The van der Waals surface area contributed by atoms with Crippen LogP contribution in [-0.4, -0.2) is 59.5 Å². The van der Waals surface area contributed by atoms with Crippen molar-refractivity contribution in [2.24, 2.45) is 0 Å². The van der Waals surface area contributed by atoms with E-state index in [1.807, 2.05) is 4.90 Å². The molecule has 0 bridgehead atoms. The van der Waals surface area contributed by atoms with Crippen molar-refractivity contribution >= 4 is 34.8 Å². The molecule has 0 atom stereocenters. The molecule has 1 amide bonds. The predicted molar refractivity (Wildman–Crippen MR) is 69.3 cm³/mol. The van der Waals surface area contributed by atoms with Crippen LogP contribution < -0.4 is 0 Å². The zero-order valence-electron chi connectivity index (χ0n) is 9.63. The molecular formula is C11H13ClN2O3S. The van der Waals surface area contributed by atoms with Crippen LogP contribution in [-0.2, 0) is 4.79 Å². The van der Waals surface area contributed by atoms with Gasteiger partial charge in [0.25, 0.3) is 5.91 Å². The lowest BCUT2D eigenvalue weighted by Crippen LogP contribution is -2.49. The molecule has 0 aliphatic carbocycles. The number of carboxylic acid groups (broad SMARTS) is 1. The number of carbonyl (C=O) groups excluding carboxylic acids is 1. The molecule has 1 saturated heterocycles. The van der Waals surface area contributed by atoms with E-state index in [1.165, 1.54) is 11.3 Å². The van der Waals surface area contributed by atoms with Crippen molar-refractivity contribution in [1.29, 1.82) is 0 Å².